The molecule has 2 aromatic rings. The van der Waals surface area contributed by atoms with Crippen molar-refractivity contribution in [1.29, 1.82) is 0 Å². The van der Waals surface area contributed by atoms with E-state index < -0.39 is 6.09 Å². The summed E-state index contributed by atoms with van der Waals surface area (Å²) in [6.07, 6.45) is -1.09. The molecule has 0 aromatic heterocycles. The van der Waals surface area contributed by atoms with Gasteiger partial charge in [0, 0.05) is 29.7 Å². The van der Waals surface area contributed by atoms with Crippen LogP contribution in [-0.2, 0) is 0 Å². The Hall–Kier alpha value is -2.89. The van der Waals surface area contributed by atoms with Gasteiger partial charge in [-0.2, -0.15) is 0 Å². The van der Waals surface area contributed by atoms with Crippen LogP contribution < -0.4 is 21.1 Å². The molecule has 2 rings (SSSR count). The highest BCUT2D eigenvalue weighted by Crippen LogP contribution is 2.16. The van der Waals surface area contributed by atoms with Crippen LogP contribution in [0.15, 0.2) is 48.5 Å². The van der Waals surface area contributed by atoms with Gasteiger partial charge in [0.25, 0.3) is 0 Å². The van der Waals surface area contributed by atoms with Gasteiger partial charge in [-0.25, -0.2) is 4.79 Å². The number of nitrogens with one attached hydrogen (secondary N) is 2. The summed E-state index contributed by atoms with van der Waals surface area (Å²) in [5, 5.41) is 14.1. The molecule has 5 N–H and O–H groups in total. The number of hydrogen-bond donors (Lipinski definition) is 4. The Labute approximate surface area is 122 Å². The second kappa shape index (κ2) is 7.04. The van der Waals surface area contributed by atoms with Gasteiger partial charge >= 0.3 is 6.09 Å². The van der Waals surface area contributed by atoms with Crippen LogP contribution in [0, 0.1) is 0 Å². The molecule has 110 valence electrons. The Morgan fingerprint density at radius 3 is 2.67 bits per heavy atom. The molecule has 2 aromatic carbocycles. The molecule has 0 atom stereocenters. The Morgan fingerprint density at radius 2 is 1.90 bits per heavy atom. The van der Waals surface area contributed by atoms with Crippen molar-refractivity contribution >= 4 is 23.2 Å². The summed E-state index contributed by atoms with van der Waals surface area (Å²) in [5.74, 6) is 0.720. The molecule has 0 spiro atoms. The zero-order valence-corrected chi connectivity index (χ0v) is 11.4. The van der Waals surface area contributed by atoms with Crippen LogP contribution in [0.1, 0.15) is 0 Å². The van der Waals surface area contributed by atoms with E-state index in [-0.39, 0.29) is 0 Å². The number of carbonyl (C=O) groups is 1. The van der Waals surface area contributed by atoms with E-state index >= 15 is 0 Å². The molecule has 0 bridgehead atoms. The van der Waals surface area contributed by atoms with Gasteiger partial charge in [0.15, 0.2) is 0 Å². The molecule has 1 amide bonds. The summed E-state index contributed by atoms with van der Waals surface area (Å²) in [4.78, 5) is 10.6. The number of benzene rings is 2. The fourth-order valence-electron chi connectivity index (χ4n) is 1.80. The summed E-state index contributed by atoms with van der Waals surface area (Å²) >= 11 is 0. The van der Waals surface area contributed by atoms with E-state index in [4.69, 9.17) is 15.6 Å². The molecular weight excluding hydrogens is 270 g/mol. The highest BCUT2D eigenvalue weighted by Gasteiger charge is 1.99. The van der Waals surface area contributed by atoms with Crippen LogP contribution in [0.3, 0.4) is 0 Å². The van der Waals surface area contributed by atoms with Crippen molar-refractivity contribution in [2.45, 2.75) is 0 Å². The van der Waals surface area contributed by atoms with Gasteiger partial charge in [0.05, 0.1) is 0 Å². The molecule has 0 unspecified atom stereocenters. The Balaban J connectivity index is 1.79. The molecule has 21 heavy (non-hydrogen) atoms. The molecule has 0 saturated heterocycles. The third-order valence-electron chi connectivity index (χ3n) is 2.67. The maximum absolute atomic E-state index is 10.6. The maximum atomic E-state index is 10.6. The molecule has 0 aliphatic carbocycles. The molecule has 6 heteroatoms. The van der Waals surface area contributed by atoms with E-state index in [2.05, 4.69) is 10.6 Å². The van der Waals surface area contributed by atoms with Crippen molar-refractivity contribution < 1.29 is 14.6 Å². The number of ether oxygens (including phenoxy) is 1. The van der Waals surface area contributed by atoms with E-state index in [1.165, 1.54) is 0 Å². The molecular formula is C15H17N3O3. The number of nitrogens with two attached hydrogens (primary N) is 1. The van der Waals surface area contributed by atoms with Crippen LogP contribution in [0.5, 0.6) is 5.75 Å². The highest BCUT2D eigenvalue weighted by atomic mass is 16.5. The van der Waals surface area contributed by atoms with Crippen LogP contribution in [0.25, 0.3) is 0 Å². The normalized spacial score (nSPS) is 9.90. The molecule has 0 aliphatic heterocycles. The van der Waals surface area contributed by atoms with E-state index in [9.17, 15) is 4.79 Å². The fraction of sp³-hybridized carbons (Fsp3) is 0.133. The van der Waals surface area contributed by atoms with Gasteiger partial charge in [-0.1, -0.05) is 12.1 Å². The molecule has 0 aliphatic rings. The smallest absolute Gasteiger partial charge is 0.409 e. The standard InChI is InChI=1S/C15H17N3O3/c16-11-3-1-6-14(9-11)21-8-7-17-12-4-2-5-13(10-12)18-15(19)20/h1-6,9-10,17-18H,7-8,16H2,(H,19,20). The van der Waals surface area contributed by atoms with E-state index in [1.807, 2.05) is 18.2 Å². The Morgan fingerprint density at radius 1 is 1.14 bits per heavy atom. The monoisotopic (exact) mass is 287 g/mol. The lowest BCUT2D eigenvalue weighted by Gasteiger charge is -2.10. The number of hydrogen-bond acceptors (Lipinski definition) is 4. The SMILES string of the molecule is Nc1cccc(OCCNc2cccc(NC(=O)O)c2)c1. The summed E-state index contributed by atoms with van der Waals surface area (Å²) in [5.41, 5.74) is 7.65. The summed E-state index contributed by atoms with van der Waals surface area (Å²) in [7, 11) is 0. The average Bonchev–Trinajstić information content (AvgIpc) is 2.43. The topological polar surface area (TPSA) is 96.6 Å². The average molecular weight is 287 g/mol. The largest absolute Gasteiger partial charge is 0.492 e. The van der Waals surface area contributed by atoms with E-state index in [0.29, 0.717) is 24.5 Å². The second-order valence-electron chi connectivity index (χ2n) is 4.36. The first-order valence-corrected chi connectivity index (χ1v) is 6.46. The maximum Gasteiger partial charge on any atom is 0.409 e. The minimum absolute atomic E-state index is 0.472. The van der Waals surface area contributed by atoms with E-state index in [1.54, 1.807) is 30.3 Å². The third-order valence-corrected chi connectivity index (χ3v) is 2.67. The lowest BCUT2D eigenvalue weighted by molar-refractivity contribution is 0.210. The van der Waals surface area contributed by atoms with Crippen molar-refractivity contribution in [2.75, 3.05) is 29.5 Å². The lowest BCUT2D eigenvalue weighted by atomic mass is 10.3. The summed E-state index contributed by atoms with van der Waals surface area (Å²) in [6.45, 7) is 1.06. The van der Waals surface area contributed by atoms with Gasteiger partial charge in [0.1, 0.15) is 12.4 Å². The van der Waals surface area contributed by atoms with Gasteiger partial charge in [-0.15, -0.1) is 0 Å². The minimum atomic E-state index is -1.09. The van der Waals surface area contributed by atoms with Crippen molar-refractivity contribution in [2.24, 2.45) is 0 Å². The molecule has 0 heterocycles. The van der Waals surface area contributed by atoms with Crippen LogP contribution in [0.4, 0.5) is 21.9 Å². The Bertz CT molecular complexity index is 617. The number of carboxylic acid groups (broad SMARTS) is 1. The number of rotatable bonds is 6. The quantitative estimate of drug-likeness (QED) is 0.484. The number of anilines is 3. The number of nitrogen functional groups attached to an aromatic ring is 1. The van der Waals surface area contributed by atoms with E-state index in [0.717, 1.165) is 11.4 Å². The van der Waals surface area contributed by atoms with Crippen LogP contribution >= 0.6 is 0 Å². The first kappa shape index (κ1) is 14.5. The van der Waals surface area contributed by atoms with Gasteiger partial charge in [0.2, 0.25) is 0 Å². The fourth-order valence-corrected chi connectivity index (χ4v) is 1.80. The zero-order valence-electron chi connectivity index (χ0n) is 11.4. The predicted octanol–water partition coefficient (Wildman–Crippen LogP) is 2.85. The first-order chi connectivity index (χ1) is 10.1. The molecule has 0 saturated carbocycles. The van der Waals surface area contributed by atoms with Gasteiger partial charge < -0.3 is 20.9 Å². The predicted molar refractivity (Wildman–Crippen MR) is 82.9 cm³/mol. The summed E-state index contributed by atoms with van der Waals surface area (Å²) < 4.78 is 5.55. The lowest BCUT2D eigenvalue weighted by Crippen LogP contribution is -2.12. The Kier molecular flexibility index (Phi) is 4.87. The number of amides is 1. The van der Waals surface area contributed by atoms with Gasteiger partial charge in [-0.3, -0.25) is 5.32 Å². The second-order valence-corrected chi connectivity index (χ2v) is 4.36. The van der Waals surface area contributed by atoms with Crippen molar-refractivity contribution in [3.63, 3.8) is 0 Å². The van der Waals surface area contributed by atoms with Gasteiger partial charge in [-0.05, 0) is 30.3 Å². The third kappa shape index (κ3) is 4.94. The highest BCUT2D eigenvalue weighted by molar-refractivity contribution is 5.83. The van der Waals surface area contributed by atoms with Crippen LogP contribution in [-0.4, -0.2) is 24.4 Å². The molecule has 0 radical (unpaired) electrons. The van der Waals surface area contributed by atoms with Crippen molar-refractivity contribution in [1.82, 2.24) is 0 Å². The zero-order chi connectivity index (χ0) is 15.1. The summed E-state index contributed by atoms with van der Waals surface area (Å²) in [6, 6.07) is 14.3. The molecule has 6 nitrogen and oxygen atoms in total. The van der Waals surface area contributed by atoms with Crippen LogP contribution in [0.2, 0.25) is 0 Å². The van der Waals surface area contributed by atoms with Crippen molar-refractivity contribution in [3.05, 3.63) is 48.5 Å². The minimum Gasteiger partial charge on any atom is -0.492 e. The first-order valence-electron chi connectivity index (χ1n) is 6.46. The van der Waals surface area contributed by atoms with Crippen molar-refractivity contribution in [3.8, 4) is 5.75 Å². The molecule has 0 fully saturated rings.